The molecule has 0 unspecified atom stereocenters. The zero-order valence-electron chi connectivity index (χ0n) is 8.70. The average Bonchev–Trinajstić information content (AvgIpc) is 2.61. The van der Waals surface area contributed by atoms with Crippen molar-refractivity contribution in [1.29, 1.82) is 0 Å². The van der Waals surface area contributed by atoms with Crippen LogP contribution in [0.3, 0.4) is 0 Å². The van der Waals surface area contributed by atoms with Crippen molar-refractivity contribution in [3.8, 4) is 0 Å². The Morgan fingerprint density at radius 1 is 1.50 bits per heavy atom. The van der Waals surface area contributed by atoms with Crippen LogP contribution in [0.1, 0.15) is 11.4 Å². The smallest absolute Gasteiger partial charge is 0.259 e. The first kappa shape index (κ1) is 10.3. The molecule has 0 aliphatic carbocycles. The summed E-state index contributed by atoms with van der Waals surface area (Å²) >= 11 is 0. The minimum Gasteiger partial charge on any atom is -0.259 e. The quantitative estimate of drug-likeness (QED) is 0.578. The van der Waals surface area contributed by atoms with E-state index in [1.165, 1.54) is 10.9 Å². The molecular weight excluding hydrogens is 208 g/mol. The number of nitrogens with zero attached hydrogens (tertiary/aromatic N) is 4. The van der Waals surface area contributed by atoms with Crippen LogP contribution in [0.4, 0.5) is 5.69 Å². The third-order valence-corrected chi connectivity index (χ3v) is 2.17. The van der Waals surface area contributed by atoms with E-state index in [-0.39, 0.29) is 5.69 Å². The Morgan fingerprint density at radius 2 is 2.31 bits per heavy atom. The number of rotatable bonds is 3. The van der Waals surface area contributed by atoms with Gasteiger partial charge in [-0.2, -0.15) is 5.10 Å². The largest absolute Gasteiger partial charge is 0.309 e. The van der Waals surface area contributed by atoms with Gasteiger partial charge in [0.1, 0.15) is 11.9 Å². The van der Waals surface area contributed by atoms with E-state index in [0.717, 1.165) is 5.69 Å². The van der Waals surface area contributed by atoms with Gasteiger partial charge < -0.3 is 0 Å². The van der Waals surface area contributed by atoms with Gasteiger partial charge in [-0.25, -0.2) is 0 Å². The fourth-order valence-corrected chi connectivity index (χ4v) is 1.43. The third kappa shape index (κ3) is 2.05. The summed E-state index contributed by atoms with van der Waals surface area (Å²) in [5.74, 6) is 0. The van der Waals surface area contributed by atoms with Gasteiger partial charge in [0.05, 0.1) is 17.2 Å². The molecule has 2 rings (SSSR count). The molecule has 0 saturated carbocycles. The Bertz CT molecular complexity index is 507. The molecule has 2 aromatic rings. The van der Waals surface area contributed by atoms with Crippen molar-refractivity contribution in [2.75, 3.05) is 0 Å². The zero-order valence-corrected chi connectivity index (χ0v) is 8.70. The van der Waals surface area contributed by atoms with Crippen LogP contribution in [-0.4, -0.2) is 19.7 Å². The Kier molecular flexibility index (Phi) is 2.63. The summed E-state index contributed by atoms with van der Waals surface area (Å²) in [5, 5.41) is 14.7. The van der Waals surface area contributed by atoms with E-state index in [9.17, 15) is 10.1 Å². The van der Waals surface area contributed by atoms with E-state index >= 15 is 0 Å². The Hall–Kier alpha value is -2.24. The number of aromatic nitrogens is 3. The highest BCUT2D eigenvalue weighted by Crippen LogP contribution is 2.15. The van der Waals surface area contributed by atoms with Crippen LogP contribution in [0, 0.1) is 17.0 Å². The minimum absolute atomic E-state index is 0.0379. The Labute approximate surface area is 91.7 Å². The molecule has 0 saturated heterocycles. The molecule has 16 heavy (non-hydrogen) atoms. The fraction of sp³-hybridized carbons (Fsp3) is 0.200. The van der Waals surface area contributed by atoms with Crippen molar-refractivity contribution >= 4 is 5.69 Å². The summed E-state index contributed by atoms with van der Waals surface area (Å²) < 4.78 is 1.52. The highest BCUT2D eigenvalue weighted by Gasteiger charge is 2.15. The van der Waals surface area contributed by atoms with Crippen molar-refractivity contribution in [3.05, 3.63) is 52.1 Å². The van der Waals surface area contributed by atoms with Crippen molar-refractivity contribution in [3.63, 3.8) is 0 Å². The summed E-state index contributed by atoms with van der Waals surface area (Å²) in [6.45, 7) is 2.06. The summed E-state index contributed by atoms with van der Waals surface area (Å²) in [4.78, 5) is 14.3. The van der Waals surface area contributed by atoms with Crippen LogP contribution < -0.4 is 0 Å². The van der Waals surface area contributed by atoms with Gasteiger partial charge in [-0.3, -0.25) is 19.8 Å². The molecule has 0 aliphatic heterocycles. The van der Waals surface area contributed by atoms with Crippen molar-refractivity contribution in [2.45, 2.75) is 13.5 Å². The third-order valence-electron chi connectivity index (χ3n) is 2.17. The van der Waals surface area contributed by atoms with Crippen molar-refractivity contribution in [2.24, 2.45) is 0 Å². The highest BCUT2D eigenvalue weighted by atomic mass is 16.6. The number of pyridine rings is 1. The SMILES string of the molecule is Cc1nn(Cc2ccccn2)cc1[N+](=O)[O-]. The highest BCUT2D eigenvalue weighted by molar-refractivity contribution is 5.31. The zero-order chi connectivity index (χ0) is 11.5. The Morgan fingerprint density at radius 3 is 2.88 bits per heavy atom. The van der Waals surface area contributed by atoms with Gasteiger partial charge in [0.25, 0.3) is 0 Å². The van der Waals surface area contributed by atoms with Crippen LogP contribution in [0.5, 0.6) is 0 Å². The van der Waals surface area contributed by atoms with Crippen molar-refractivity contribution < 1.29 is 4.92 Å². The predicted molar refractivity (Wildman–Crippen MR) is 57.0 cm³/mol. The van der Waals surface area contributed by atoms with E-state index in [0.29, 0.717) is 12.2 Å². The molecule has 2 aromatic heterocycles. The molecule has 0 amide bonds. The van der Waals surface area contributed by atoms with Gasteiger partial charge in [-0.05, 0) is 19.1 Å². The molecule has 0 aromatic carbocycles. The van der Waals surface area contributed by atoms with Crippen LogP contribution in [0.2, 0.25) is 0 Å². The lowest BCUT2D eigenvalue weighted by Crippen LogP contribution is -2.01. The van der Waals surface area contributed by atoms with Crippen LogP contribution in [-0.2, 0) is 6.54 Å². The van der Waals surface area contributed by atoms with Gasteiger partial charge in [-0.1, -0.05) is 6.07 Å². The lowest BCUT2D eigenvalue weighted by Gasteiger charge is -1.98. The van der Waals surface area contributed by atoms with Crippen LogP contribution in [0.15, 0.2) is 30.6 Å². The molecule has 0 spiro atoms. The number of hydrogen-bond acceptors (Lipinski definition) is 4. The maximum Gasteiger partial charge on any atom is 0.309 e. The molecule has 0 radical (unpaired) electrons. The molecule has 0 atom stereocenters. The van der Waals surface area contributed by atoms with Gasteiger partial charge in [0.15, 0.2) is 0 Å². The Balaban J connectivity index is 2.23. The lowest BCUT2D eigenvalue weighted by molar-refractivity contribution is -0.385. The van der Waals surface area contributed by atoms with E-state index in [1.807, 2.05) is 18.2 Å². The second kappa shape index (κ2) is 4.09. The molecule has 6 heteroatoms. The van der Waals surface area contributed by atoms with Crippen molar-refractivity contribution in [1.82, 2.24) is 14.8 Å². The summed E-state index contributed by atoms with van der Waals surface area (Å²) in [6.07, 6.45) is 3.10. The summed E-state index contributed by atoms with van der Waals surface area (Å²) in [7, 11) is 0. The first-order valence-electron chi connectivity index (χ1n) is 4.75. The molecule has 82 valence electrons. The molecule has 2 heterocycles. The molecule has 0 aliphatic rings. The molecular formula is C10H10N4O2. The molecule has 0 bridgehead atoms. The maximum atomic E-state index is 10.6. The first-order chi connectivity index (χ1) is 7.66. The second-order valence-electron chi connectivity index (χ2n) is 3.38. The fourth-order valence-electron chi connectivity index (χ4n) is 1.43. The van der Waals surface area contributed by atoms with Gasteiger partial charge in [-0.15, -0.1) is 0 Å². The molecule has 0 fully saturated rings. The normalized spacial score (nSPS) is 10.3. The topological polar surface area (TPSA) is 73.8 Å². The van der Waals surface area contributed by atoms with Gasteiger partial charge >= 0.3 is 5.69 Å². The lowest BCUT2D eigenvalue weighted by atomic mass is 10.3. The number of aryl methyl sites for hydroxylation is 1. The van der Waals surface area contributed by atoms with Gasteiger partial charge in [0.2, 0.25) is 0 Å². The number of nitro groups is 1. The van der Waals surface area contributed by atoms with E-state index in [2.05, 4.69) is 10.1 Å². The van der Waals surface area contributed by atoms with Gasteiger partial charge in [0, 0.05) is 6.20 Å². The van der Waals surface area contributed by atoms with Crippen LogP contribution in [0.25, 0.3) is 0 Å². The first-order valence-corrected chi connectivity index (χ1v) is 4.75. The monoisotopic (exact) mass is 218 g/mol. The minimum atomic E-state index is -0.433. The standard InChI is InChI=1S/C10H10N4O2/c1-8-10(14(15)16)7-13(12-8)6-9-4-2-3-5-11-9/h2-5,7H,6H2,1H3. The van der Waals surface area contributed by atoms with Crippen LogP contribution >= 0.6 is 0 Å². The molecule has 6 nitrogen and oxygen atoms in total. The van der Waals surface area contributed by atoms with E-state index in [1.54, 1.807) is 13.1 Å². The summed E-state index contributed by atoms with van der Waals surface area (Å²) in [5.41, 5.74) is 1.27. The van der Waals surface area contributed by atoms with E-state index in [4.69, 9.17) is 0 Å². The summed E-state index contributed by atoms with van der Waals surface area (Å²) in [6, 6.07) is 5.54. The average molecular weight is 218 g/mol. The predicted octanol–water partition coefficient (Wildman–Crippen LogP) is 1.54. The maximum absolute atomic E-state index is 10.6. The number of hydrogen-bond donors (Lipinski definition) is 0. The molecule has 0 N–H and O–H groups in total. The second-order valence-corrected chi connectivity index (χ2v) is 3.38. The van der Waals surface area contributed by atoms with E-state index < -0.39 is 4.92 Å².